The highest BCUT2D eigenvalue weighted by Gasteiger charge is 2.45. The van der Waals surface area contributed by atoms with Crippen LogP contribution in [0.3, 0.4) is 0 Å². The fourth-order valence-electron chi connectivity index (χ4n) is 1.88. The Morgan fingerprint density at radius 3 is 2.62 bits per heavy atom. The molecule has 1 aliphatic heterocycles. The van der Waals surface area contributed by atoms with E-state index in [1.54, 1.807) is 6.07 Å². The van der Waals surface area contributed by atoms with E-state index < -0.39 is 17.8 Å². The lowest BCUT2D eigenvalue weighted by molar-refractivity contribution is -0.0637. The Bertz CT molecular complexity index is 364. The highest BCUT2D eigenvalue weighted by Crippen LogP contribution is 2.32. The van der Waals surface area contributed by atoms with Crippen molar-refractivity contribution in [2.24, 2.45) is 0 Å². The second-order valence-electron chi connectivity index (χ2n) is 3.73. The van der Waals surface area contributed by atoms with Crippen LogP contribution in [-0.4, -0.2) is 26.2 Å². The Labute approximate surface area is 91.4 Å². The molecule has 0 spiro atoms. The maximum absolute atomic E-state index is 13.6. The van der Waals surface area contributed by atoms with E-state index in [1.807, 2.05) is 0 Å². The lowest BCUT2D eigenvalue weighted by Crippen LogP contribution is -2.56. The van der Waals surface area contributed by atoms with Crippen molar-refractivity contribution in [1.29, 1.82) is 0 Å². The minimum absolute atomic E-state index is 0.0373. The van der Waals surface area contributed by atoms with Crippen molar-refractivity contribution in [1.82, 2.24) is 5.32 Å². The first kappa shape index (κ1) is 11.4. The average molecular weight is 231 g/mol. The van der Waals surface area contributed by atoms with Gasteiger partial charge in [-0.1, -0.05) is 18.2 Å². The molecule has 1 aromatic carbocycles. The summed E-state index contributed by atoms with van der Waals surface area (Å²) in [5, 5.41) is 2.67. The molecule has 1 saturated heterocycles. The molecule has 0 aromatic heterocycles. The number of hydrogen-bond acceptors (Lipinski definition) is 2. The van der Waals surface area contributed by atoms with Crippen molar-refractivity contribution in [3.05, 3.63) is 35.6 Å². The van der Waals surface area contributed by atoms with E-state index in [0.717, 1.165) is 0 Å². The first-order valence-corrected chi connectivity index (χ1v) is 5.03. The molecule has 0 bridgehead atoms. The molecule has 2 nitrogen and oxygen atoms in total. The summed E-state index contributed by atoms with van der Waals surface area (Å²) >= 11 is 0. The normalized spacial score (nSPS) is 26.0. The van der Waals surface area contributed by atoms with Crippen molar-refractivity contribution < 1.29 is 17.9 Å². The summed E-state index contributed by atoms with van der Waals surface area (Å²) in [6.45, 7) is 0.438. The van der Waals surface area contributed by atoms with Crippen LogP contribution in [0.2, 0.25) is 0 Å². The van der Waals surface area contributed by atoms with Gasteiger partial charge in [0.15, 0.2) is 0 Å². The second-order valence-corrected chi connectivity index (χ2v) is 3.73. The van der Waals surface area contributed by atoms with Crippen LogP contribution in [0.15, 0.2) is 24.3 Å². The van der Waals surface area contributed by atoms with Crippen molar-refractivity contribution in [3.8, 4) is 0 Å². The smallest absolute Gasteiger partial charge is 0.262 e. The van der Waals surface area contributed by atoms with Crippen LogP contribution in [0.25, 0.3) is 0 Å². The Hall–Kier alpha value is -1.07. The third kappa shape index (κ3) is 1.81. The number of alkyl halides is 2. The molecule has 1 aliphatic rings. The van der Waals surface area contributed by atoms with Crippen molar-refractivity contribution in [3.63, 3.8) is 0 Å². The number of nitrogens with one attached hydrogen (secondary N) is 1. The molecular weight excluding hydrogens is 219 g/mol. The minimum Gasteiger partial charge on any atom is -0.378 e. The topological polar surface area (TPSA) is 21.3 Å². The number of hydrogen-bond donors (Lipinski definition) is 1. The maximum Gasteiger partial charge on any atom is 0.262 e. The zero-order valence-electron chi connectivity index (χ0n) is 8.55. The Balaban J connectivity index is 2.43. The number of rotatable bonds is 2. The molecule has 88 valence electrons. The second kappa shape index (κ2) is 4.43. The summed E-state index contributed by atoms with van der Waals surface area (Å²) in [5.74, 6) is -0.638. The molecule has 1 atom stereocenters. The Morgan fingerprint density at radius 2 is 2.06 bits per heavy atom. The van der Waals surface area contributed by atoms with E-state index >= 15 is 0 Å². The summed E-state index contributed by atoms with van der Waals surface area (Å²) in [6, 6.07) is 5.55. The summed E-state index contributed by atoms with van der Waals surface area (Å²) in [6.07, 6.45) is -2.72. The van der Waals surface area contributed by atoms with Crippen LogP contribution >= 0.6 is 0 Å². The molecule has 1 fully saturated rings. The van der Waals surface area contributed by atoms with Gasteiger partial charge < -0.3 is 4.74 Å². The van der Waals surface area contributed by atoms with Gasteiger partial charge in [-0.2, -0.15) is 0 Å². The third-order valence-electron chi connectivity index (χ3n) is 2.74. The Kier molecular flexibility index (Phi) is 3.16. The van der Waals surface area contributed by atoms with Crippen LogP contribution in [0.1, 0.15) is 5.56 Å². The van der Waals surface area contributed by atoms with Gasteiger partial charge in [-0.15, -0.1) is 0 Å². The summed E-state index contributed by atoms with van der Waals surface area (Å²) in [4.78, 5) is 0. The predicted molar refractivity (Wildman–Crippen MR) is 52.9 cm³/mol. The molecule has 1 unspecified atom stereocenters. The zero-order valence-corrected chi connectivity index (χ0v) is 8.55. The number of ether oxygens (including phenoxy) is 1. The molecule has 0 radical (unpaired) electrons. The van der Waals surface area contributed by atoms with Crippen LogP contribution < -0.4 is 5.32 Å². The lowest BCUT2D eigenvalue weighted by Gasteiger charge is -2.37. The molecule has 1 N–H and O–H groups in total. The van der Waals surface area contributed by atoms with Crippen LogP contribution in [0, 0.1) is 5.82 Å². The van der Waals surface area contributed by atoms with Crippen molar-refractivity contribution >= 4 is 0 Å². The summed E-state index contributed by atoms with van der Waals surface area (Å²) in [5.41, 5.74) is -1.76. The van der Waals surface area contributed by atoms with E-state index in [1.165, 1.54) is 18.2 Å². The van der Waals surface area contributed by atoms with Gasteiger partial charge in [0.25, 0.3) is 6.43 Å². The monoisotopic (exact) mass is 231 g/mol. The fourth-order valence-corrected chi connectivity index (χ4v) is 1.88. The summed E-state index contributed by atoms with van der Waals surface area (Å²) in [7, 11) is 0. The van der Waals surface area contributed by atoms with Gasteiger partial charge in [-0.3, -0.25) is 5.32 Å². The van der Waals surface area contributed by atoms with Gasteiger partial charge in [0.1, 0.15) is 11.4 Å². The molecule has 2 rings (SSSR count). The first-order valence-electron chi connectivity index (χ1n) is 5.03. The molecule has 1 aromatic rings. The largest absolute Gasteiger partial charge is 0.378 e. The van der Waals surface area contributed by atoms with E-state index in [9.17, 15) is 13.2 Å². The molecule has 0 amide bonds. The molecule has 0 aliphatic carbocycles. The van der Waals surface area contributed by atoms with E-state index in [2.05, 4.69) is 5.32 Å². The van der Waals surface area contributed by atoms with Crippen LogP contribution in [-0.2, 0) is 10.3 Å². The molecule has 16 heavy (non-hydrogen) atoms. The van der Waals surface area contributed by atoms with Gasteiger partial charge in [0.2, 0.25) is 0 Å². The third-order valence-corrected chi connectivity index (χ3v) is 2.74. The molecular formula is C11H12F3NO. The van der Waals surface area contributed by atoms with Crippen LogP contribution in [0.5, 0.6) is 0 Å². The molecule has 0 saturated carbocycles. The van der Waals surface area contributed by atoms with Crippen molar-refractivity contribution in [2.75, 3.05) is 19.8 Å². The summed E-state index contributed by atoms with van der Waals surface area (Å²) < 4.78 is 44.9. The molecule has 1 heterocycles. The van der Waals surface area contributed by atoms with Gasteiger partial charge >= 0.3 is 0 Å². The zero-order chi connectivity index (χ0) is 11.6. The lowest BCUT2D eigenvalue weighted by atomic mass is 9.89. The van der Waals surface area contributed by atoms with Gasteiger partial charge in [-0.05, 0) is 6.07 Å². The molecule has 5 heteroatoms. The fraction of sp³-hybridized carbons (Fsp3) is 0.455. The highest BCUT2D eigenvalue weighted by atomic mass is 19.3. The van der Waals surface area contributed by atoms with E-state index in [-0.39, 0.29) is 12.2 Å². The number of halogens is 3. The standard InChI is InChI=1S/C11H12F3NO/c12-9-4-2-1-3-8(9)11(10(13)14)7-16-6-5-15-11/h1-4,10,15H,5-7H2. The first-order chi connectivity index (χ1) is 7.67. The van der Waals surface area contributed by atoms with Gasteiger partial charge in [-0.25, -0.2) is 13.2 Å². The average Bonchev–Trinajstić information content (AvgIpc) is 2.30. The van der Waals surface area contributed by atoms with E-state index in [4.69, 9.17) is 4.74 Å². The number of benzene rings is 1. The minimum atomic E-state index is -2.72. The van der Waals surface area contributed by atoms with E-state index in [0.29, 0.717) is 13.2 Å². The quantitative estimate of drug-likeness (QED) is 0.839. The van der Waals surface area contributed by atoms with Crippen LogP contribution in [0.4, 0.5) is 13.2 Å². The SMILES string of the molecule is Fc1ccccc1C1(C(F)F)COCCN1. The highest BCUT2D eigenvalue weighted by molar-refractivity contribution is 5.28. The van der Waals surface area contributed by atoms with Gasteiger partial charge in [0, 0.05) is 12.1 Å². The van der Waals surface area contributed by atoms with Crippen molar-refractivity contribution in [2.45, 2.75) is 12.0 Å². The Morgan fingerprint density at radius 1 is 1.31 bits per heavy atom. The predicted octanol–water partition coefficient (Wildman–Crippen LogP) is 1.91. The number of morpholine rings is 1. The van der Waals surface area contributed by atoms with Gasteiger partial charge in [0.05, 0.1) is 13.2 Å². The maximum atomic E-state index is 13.6.